The number of rotatable bonds is 9. The summed E-state index contributed by atoms with van der Waals surface area (Å²) in [6.07, 6.45) is 0.665. The first-order valence-corrected chi connectivity index (χ1v) is 10.2. The maximum absolute atomic E-state index is 12.1. The molecule has 0 spiro atoms. The minimum Gasteiger partial charge on any atom is -0.498 e. The molecule has 3 rings (SSSR count). The average Bonchev–Trinajstić information content (AvgIpc) is 3.03. The van der Waals surface area contributed by atoms with E-state index < -0.39 is 5.79 Å². The lowest BCUT2D eigenvalue weighted by Crippen LogP contribution is -2.38. The molecule has 0 aliphatic heterocycles. The second-order valence-corrected chi connectivity index (χ2v) is 7.84. The lowest BCUT2D eigenvalue weighted by Gasteiger charge is -2.23. The van der Waals surface area contributed by atoms with Gasteiger partial charge in [-0.15, -0.1) is 0 Å². The Morgan fingerprint density at radius 1 is 1.10 bits per heavy atom. The lowest BCUT2D eigenvalue weighted by atomic mass is 10.1. The maximum Gasteiger partial charge on any atom is 0.230 e. The second kappa shape index (κ2) is 9.68. The topological polar surface area (TPSA) is 141 Å². The number of hydrogen-bond donors (Lipinski definition) is 6. The van der Waals surface area contributed by atoms with Gasteiger partial charge in [-0.2, -0.15) is 0 Å². The van der Waals surface area contributed by atoms with Crippen molar-refractivity contribution in [3.8, 4) is 5.06 Å². The Labute approximate surface area is 178 Å². The molecular weight excluding hydrogens is 404 g/mol. The third-order valence-electron chi connectivity index (χ3n) is 4.46. The number of amides is 1. The maximum atomic E-state index is 12.1. The summed E-state index contributed by atoms with van der Waals surface area (Å²) in [4.78, 5) is 16.0. The van der Waals surface area contributed by atoms with Crippen LogP contribution in [-0.4, -0.2) is 39.3 Å². The van der Waals surface area contributed by atoms with Crippen LogP contribution >= 0.6 is 11.3 Å². The normalized spacial score (nSPS) is 11.4. The first kappa shape index (κ1) is 21.7. The fraction of sp³-hybridized carbons (Fsp3) is 0.238. The van der Waals surface area contributed by atoms with Gasteiger partial charge >= 0.3 is 0 Å². The molecule has 1 amide bonds. The molecule has 0 fully saturated rings. The van der Waals surface area contributed by atoms with E-state index >= 15 is 0 Å². The summed E-state index contributed by atoms with van der Waals surface area (Å²) in [5.41, 5.74) is 7.68. The van der Waals surface area contributed by atoms with E-state index in [-0.39, 0.29) is 34.8 Å². The van der Waals surface area contributed by atoms with Crippen LogP contribution in [-0.2, 0) is 23.4 Å². The van der Waals surface area contributed by atoms with Crippen LogP contribution in [0.2, 0.25) is 0 Å². The molecule has 0 aliphatic carbocycles. The number of aromatic nitrogens is 1. The molecule has 7 N–H and O–H groups in total. The highest BCUT2D eigenvalue weighted by atomic mass is 32.1. The number of aromatic hydroxyl groups is 1. The zero-order valence-electron chi connectivity index (χ0n) is 16.2. The van der Waals surface area contributed by atoms with Gasteiger partial charge in [-0.25, -0.2) is 4.98 Å². The largest absolute Gasteiger partial charge is 0.498 e. The zero-order chi connectivity index (χ0) is 21.6. The van der Waals surface area contributed by atoms with Crippen molar-refractivity contribution in [3.05, 3.63) is 71.4 Å². The van der Waals surface area contributed by atoms with Crippen molar-refractivity contribution in [1.82, 2.24) is 10.3 Å². The Bertz CT molecular complexity index is 974. The summed E-state index contributed by atoms with van der Waals surface area (Å²) in [5, 5.41) is 36.2. The molecule has 30 heavy (non-hydrogen) atoms. The number of carbonyl (C=O) groups excluding carboxylic acids is 1. The van der Waals surface area contributed by atoms with Gasteiger partial charge in [0.25, 0.3) is 0 Å². The molecule has 0 radical (unpaired) electrons. The highest BCUT2D eigenvalue weighted by molar-refractivity contribution is 7.17. The standard InChI is InChI=1S/C21H24N4O4S/c22-20-25-17(19(27)30-20)12-18(26)24-16-8-6-15(7-9-16)21(28,29)13-23-11-10-14-4-2-1-3-5-14/h1-9,23,27-29H,10-13H2,(H2,22,25)(H,24,26). The van der Waals surface area contributed by atoms with E-state index in [2.05, 4.69) is 15.6 Å². The van der Waals surface area contributed by atoms with Crippen LogP contribution in [0.25, 0.3) is 0 Å². The molecular formula is C21H24N4O4S. The van der Waals surface area contributed by atoms with Gasteiger partial charge < -0.3 is 31.7 Å². The molecule has 0 aliphatic rings. The number of nitrogens with two attached hydrogens (primary N) is 1. The van der Waals surface area contributed by atoms with E-state index in [4.69, 9.17) is 5.73 Å². The number of nitrogens with one attached hydrogen (secondary N) is 2. The molecule has 0 unspecified atom stereocenters. The molecule has 9 heteroatoms. The molecule has 0 atom stereocenters. The van der Waals surface area contributed by atoms with Gasteiger partial charge in [-0.05, 0) is 30.7 Å². The van der Waals surface area contributed by atoms with Crippen molar-refractivity contribution in [2.45, 2.75) is 18.6 Å². The molecule has 1 heterocycles. The number of nitrogen functional groups attached to an aromatic ring is 1. The van der Waals surface area contributed by atoms with Crippen molar-refractivity contribution in [1.29, 1.82) is 0 Å². The average molecular weight is 429 g/mol. The van der Waals surface area contributed by atoms with Crippen molar-refractivity contribution in [2.75, 3.05) is 24.1 Å². The van der Waals surface area contributed by atoms with Crippen LogP contribution in [0.1, 0.15) is 16.8 Å². The van der Waals surface area contributed by atoms with Crippen LogP contribution < -0.4 is 16.4 Å². The van der Waals surface area contributed by atoms with Crippen molar-refractivity contribution < 1.29 is 20.1 Å². The molecule has 158 valence electrons. The van der Waals surface area contributed by atoms with Gasteiger partial charge in [0, 0.05) is 11.3 Å². The summed E-state index contributed by atoms with van der Waals surface area (Å²) in [6.45, 7) is 0.574. The Balaban J connectivity index is 1.49. The predicted octanol–water partition coefficient (Wildman–Crippen LogP) is 1.58. The van der Waals surface area contributed by atoms with Gasteiger partial charge in [0.15, 0.2) is 10.2 Å². The Morgan fingerprint density at radius 2 is 1.80 bits per heavy atom. The molecule has 1 aromatic heterocycles. The van der Waals surface area contributed by atoms with Crippen molar-refractivity contribution >= 4 is 28.1 Å². The van der Waals surface area contributed by atoms with Gasteiger partial charge in [0.1, 0.15) is 5.69 Å². The Morgan fingerprint density at radius 3 is 2.43 bits per heavy atom. The smallest absolute Gasteiger partial charge is 0.230 e. The molecule has 3 aromatic rings. The van der Waals surface area contributed by atoms with Crippen LogP contribution in [0.4, 0.5) is 10.8 Å². The van der Waals surface area contributed by atoms with Gasteiger partial charge in [0.2, 0.25) is 11.7 Å². The zero-order valence-corrected chi connectivity index (χ0v) is 17.0. The summed E-state index contributed by atoms with van der Waals surface area (Å²) in [7, 11) is 0. The van der Waals surface area contributed by atoms with Gasteiger partial charge in [-0.1, -0.05) is 53.8 Å². The molecule has 0 saturated carbocycles. The molecule has 0 bridgehead atoms. The third kappa shape index (κ3) is 6.01. The fourth-order valence-corrected chi connectivity index (χ4v) is 3.49. The second-order valence-electron chi connectivity index (χ2n) is 6.84. The highest BCUT2D eigenvalue weighted by Crippen LogP contribution is 2.27. The van der Waals surface area contributed by atoms with E-state index in [0.717, 1.165) is 17.8 Å². The van der Waals surface area contributed by atoms with E-state index in [9.17, 15) is 20.1 Å². The van der Waals surface area contributed by atoms with Crippen molar-refractivity contribution in [3.63, 3.8) is 0 Å². The third-order valence-corrected chi connectivity index (χ3v) is 5.19. The Hall–Kier alpha value is -2.98. The van der Waals surface area contributed by atoms with Crippen LogP contribution in [0, 0.1) is 0 Å². The number of carbonyl (C=O) groups is 1. The SMILES string of the molecule is Nc1nc(CC(=O)Nc2ccc(C(O)(O)CNCCc3ccccc3)cc2)c(O)s1. The molecule has 0 saturated heterocycles. The molecule has 2 aromatic carbocycles. The van der Waals surface area contributed by atoms with Crippen LogP contribution in [0.15, 0.2) is 54.6 Å². The first-order valence-electron chi connectivity index (χ1n) is 9.37. The van der Waals surface area contributed by atoms with Gasteiger partial charge in [-0.3, -0.25) is 4.79 Å². The van der Waals surface area contributed by atoms with Crippen LogP contribution in [0.5, 0.6) is 5.06 Å². The lowest BCUT2D eigenvalue weighted by molar-refractivity contribution is -0.165. The Kier molecular flexibility index (Phi) is 7.01. The number of anilines is 2. The number of nitrogens with zero attached hydrogens (tertiary/aromatic N) is 1. The van der Waals surface area contributed by atoms with E-state index in [0.29, 0.717) is 17.8 Å². The number of hydrogen-bond acceptors (Lipinski definition) is 8. The summed E-state index contributed by atoms with van der Waals surface area (Å²) < 4.78 is 0. The van der Waals surface area contributed by atoms with E-state index in [1.165, 1.54) is 17.7 Å². The number of benzene rings is 2. The van der Waals surface area contributed by atoms with E-state index in [1.807, 2.05) is 30.3 Å². The van der Waals surface area contributed by atoms with Crippen molar-refractivity contribution in [2.24, 2.45) is 0 Å². The monoisotopic (exact) mass is 428 g/mol. The summed E-state index contributed by atoms with van der Waals surface area (Å²) in [5.74, 6) is -2.41. The predicted molar refractivity (Wildman–Crippen MR) is 116 cm³/mol. The highest BCUT2D eigenvalue weighted by Gasteiger charge is 2.25. The molecule has 8 nitrogen and oxygen atoms in total. The summed E-state index contributed by atoms with van der Waals surface area (Å²) >= 11 is 0.910. The minimum atomic E-state index is -2.04. The minimum absolute atomic E-state index is 0.0317. The summed E-state index contributed by atoms with van der Waals surface area (Å²) in [6, 6.07) is 16.1. The fourth-order valence-electron chi connectivity index (χ4n) is 2.90. The number of thiazole rings is 1. The first-order chi connectivity index (χ1) is 14.3. The van der Waals surface area contributed by atoms with Gasteiger partial charge in [0.05, 0.1) is 13.0 Å². The quantitative estimate of drug-likeness (QED) is 0.224. The van der Waals surface area contributed by atoms with Crippen LogP contribution in [0.3, 0.4) is 0 Å². The van der Waals surface area contributed by atoms with E-state index in [1.54, 1.807) is 12.1 Å². The number of aliphatic hydroxyl groups is 2.